The van der Waals surface area contributed by atoms with Crippen LogP contribution in [0.15, 0.2) is 23.1 Å². The molecule has 2 fully saturated rings. The Hall–Kier alpha value is -0.670. The fourth-order valence-corrected chi connectivity index (χ4v) is 7.76. The summed E-state index contributed by atoms with van der Waals surface area (Å²) in [6, 6.07) is 4.31. The quantitative estimate of drug-likeness (QED) is 0.771. The summed E-state index contributed by atoms with van der Waals surface area (Å²) in [5, 5.41) is -0.649. The van der Waals surface area contributed by atoms with Gasteiger partial charge in [0.1, 0.15) is 10.1 Å². The Labute approximate surface area is 141 Å². The van der Waals surface area contributed by atoms with Crippen molar-refractivity contribution in [1.82, 2.24) is 4.31 Å². The number of hydrogen-bond donors (Lipinski definition) is 0. The highest BCUT2D eigenvalue weighted by Crippen LogP contribution is 2.34. The maximum Gasteiger partial charge on any atom is 0.245 e. The summed E-state index contributed by atoms with van der Waals surface area (Å²) in [7, 11) is -7.21. The molecule has 2 saturated heterocycles. The Kier molecular flexibility index (Phi) is 4.48. The van der Waals surface area contributed by atoms with Gasteiger partial charge in [0.2, 0.25) is 10.0 Å². The Morgan fingerprint density at radius 2 is 2.09 bits per heavy atom. The maximum atomic E-state index is 13.1. The topological polar surface area (TPSA) is 80.8 Å². The summed E-state index contributed by atoms with van der Waals surface area (Å²) in [5.74, 6) is -0.194. The van der Waals surface area contributed by atoms with Crippen LogP contribution in [0.4, 0.5) is 0 Å². The molecular weight excluding hydrogens is 362 g/mol. The lowest BCUT2D eigenvalue weighted by molar-refractivity contribution is 0.0590. The number of sulfone groups is 1. The zero-order chi connectivity index (χ0) is 16.8. The van der Waals surface area contributed by atoms with Gasteiger partial charge in [-0.25, -0.2) is 16.8 Å². The molecule has 1 aromatic carbocycles. The molecular formula is C14H18ClNO5S2. The Balaban J connectivity index is 2.07. The van der Waals surface area contributed by atoms with Crippen molar-refractivity contribution in [3.05, 3.63) is 28.8 Å². The summed E-state index contributed by atoms with van der Waals surface area (Å²) in [6.45, 7) is 2.03. The van der Waals surface area contributed by atoms with E-state index in [0.29, 0.717) is 18.6 Å². The molecule has 0 N–H and O–H groups in total. The number of ether oxygens (including phenoxy) is 1. The fraction of sp³-hybridized carbons (Fsp3) is 0.571. The van der Waals surface area contributed by atoms with Gasteiger partial charge < -0.3 is 4.74 Å². The second kappa shape index (κ2) is 6.00. The molecule has 6 nitrogen and oxygen atoms in total. The maximum absolute atomic E-state index is 13.1. The van der Waals surface area contributed by atoms with E-state index in [1.807, 2.05) is 0 Å². The molecule has 0 aromatic heterocycles. The minimum absolute atomic E-state index is 0.0422. The lowest BCUT2D eigenvalue weighted by Gasteiger charge is -2.42. The minimum Gasteiger partial charge on any atom is -0.380 e. The first-order valence-corrected chi connectivity index (χ1v) is 10.8. The van der Waals surface area contributed by atoms with Crippen LogP contribution in [0.3, 0.4) is 0 Å². The highest BCUT2D eigenvalue weighted by molar-refractivity contribution is 7.92. The van der Waals surface area contributed by atoms with E-state index in [4.69, 9.17) is 16.3 Å². The van der Waals surface area contributed by atoms with E-state index in [9.17, 15) is 16.8 Å². The smallest absolute Gasteiger partial charge is 0.245 e. The summed E-state index contributed by atoms with van der Waals surface area (Å²) in [5.41, 5.74) is 0.551. The van der Waals surface area contributed by atoms with Crippen LogP contribution in [-0.2, 0) is 24.6 Å². The summed E-state index contributed by atoms with van der Waals surface area (Å²) in [4.78, 5) is 0.0613. The zero-order valence-corrected chi connectivity index (χ0v) is 15.0. The average molecular weight is 380 g/mol. The van der Waals surface area contributed by atoms with Gasteiger partial charge in [-0.15, -0.1) is 0 Å². The number of nitrogens with zero attached hydrogens (tertiary/aromatic N) is 1. The molecule has 3 rings (SSSR count). The Morgan fingerprint density at radius 1 is 1.35 bits per heavy atom. The molecule has 1 aromatic rings. The first-order chi connectivity index (χ1) is 10.7. The average Bonchev–Trinajstić information content (AvgIpc) is 2.46. The molecule has 0 spiro atoms. The van der Waals surface area contributed by atoms with Crippen LogP contribution in [0.5, 0.6) is 0 Å². The summed E-state index contributed by atoms with van der Waals surface area (Å²) in [6.07, 6.45) is 0.368. The van der Waals surface area contributed by atoms with Crippen molar-refractivity contribution in [3.8, 4) is 0 Å². The standard InChI is InChI=1S/C14H18ClNO5S2/c1-10-3-2-4-11(15)14(10)23(19,20)16-6-8-22(17,18)13-9-21-7-5-12(13)16/h2-4,12-13H,5-9H2,1H3/t12-,13+/m1/s1. The summed E-state index contributed by atoms with van der Waals surface area (Å²) < 4.78 is 57.2. The molecule has 128 valence electrons. The molecule has 0 unspecified atom stereocenters. The number of hydrogen-bond acceptors (Lipinski definition) is 5. The van der Waals surface area contributed by atoms with Gasteiger partial charge in [-0.05, 0) is 25.0 Å². The molecule has 2 aliphatic heterocycles. The van der Waals surface area contributed by atoms with Gasteiger partial charge in [0.25, 0.3) is 0 Å². The van der Waals surface area contributed by atoms with E-state index in [-0.39, 0.29) is 28.8 Å². The Morgan fingerprint density at radius 3 is 2.78 bits per heavy atom. The zero-order valence-electron chi connectivity index (χ0n) is 12.6. The highest BCUT2D eigenvalue weighted by Gasteiger charge is 2.48. The minimum atomic E-state index is -3.86. The third kappa shape index (κ3) is 2.91. The molecule has 23 heavy (non-hydrogen) atoms. The van der Waals surface area contributed by atoms with Crippen molar-refractivity contribution in [2.45, 2.75) is 29.5 Å². The number of benzene rings is 1. The van der Waals surface area contributed by atoms with Gasteiger partial charge in [-0.1, -0.05) is 23.7 Å². The second-order valence-corrected chi connectivity index (χ2v) is 10.4. The lowest BCUT2D eigenvalue weighted by Crippen LogP contribution is -2.60. The van der Waals surface area contributed by atoms with Gasteiger partial charge in [0.15, 0.2) is 9.84 Å². The van der Waals surface area contributed by atoms with Crippen LogP contribution in [0.2, 0.25) is 5.02 Å². The number of rotatable bonds is 2. The normalized spacial score (nSPS) is 28.3. The largest absolute Gasteiger partial charge is 0.380 e. The van der Waals surface area contributed by atoms with Crippen LogP contribution in [0.25, 0.3) is 0 Å². The van der Waals surface area contributed by atoms with E-state index in [0.717, 1.165) is 0 Å². The van der Waals surface area contributed by atoms with E-state index in [1.165, 1.54) is 10.4 Å². The third-order valence-corrected chi connectivity index (χ3v) is 9.11. The molecule has 0 bridgehead atoms. The molecule has 9 heteroatoms. The van der Waals surface area contributed by atoms with Crippen molar-refractivity contribution in [2.24, 2.45) is 0 Å². The molecule has 0 saturated carbocycles. The number of fused-ring (bicyclic) bond motifs is 1. The van der Waals surface area contributed by atoms with Crippen LogP contribution < -0.4 is 0 Å². The number of halogens is 1. The molecule has 0 radical (unpaired) electrons. The number of aryl methyl sites for hydroxylation is 1. The fourth-order valence-electron chi connectivity index (χ4n) is 3.27. The third-order valence-electron chi connectivity index (χ3n) is 4.43. The van der Waals surface area contributed by atoms with Crippen molar-refractivity contribution < 1.29 is 21.6 Å². The van der Waals surface area contributed by atoms with Crippen molar-refractivity contribution >= 4 is 31.5 Å². The van der Waals surface area contributed by atoms with E-state index < -0.39 is 31.2 Å². The monoisotopic (exact) mass is 379 g/mol. The molecule has 0 aliphatic carbocycles. The van der Waals surface area contributed by atoms with Crippen LogP contribution in [0, 0.1) is 6.92 Å². The molecule has 0 amide bonds. The second-order valence-electron chi connectivity index (χ2n) is 5.84. The molecule has 2 aliphatic rings. The van der Waals surface area contributed by atoms with Gasteiger partial charge in [0, 0.05) is 19.2 Å². The van der Waals surface area contributed by atoms with Crippen molar-refractivity contribution in [2.75, 3.05) is 25.5 Å². The van der Waals surface area contributed by atoms with Crippen LogP contribution >= 0.6 is 11.6 Å². The predicted molar refractivity (Wildman–Crippen MR) is 86.9 cm³/mol. The van der Waals surface area contributed by atoms with E-state index >= 15 is 0 Å². The SMILES string of the molecule is Cc1cccc(Cl)c1S(=O)(=O)N1CCS(=O)(=O)[C@H]2COCC[C@H]21. The number of sulfonamides is 1. The molecule has 2 heterocycles. The highest BCUT2D eigenvalue weighted by atomic mass is 35.5. The van der Waals surface area contributed by atoms with Gasteiger partial charge in [-0.2, -0.15) is 4.31 Å². The van der Waals surface area contributed by atoms with Crippen LogP contribution in [-0.4, -0.2) is 57.9 Å². The molecule has 2 atom stereocenters. The lowest BCUT2D eigenvalue weighted by atomic mass is 10.1. The first-order valence-electron chi connectivity index (χ1n) is 7.31. The predicted octanol–water partition coefficient (Wildman–Crippen LogP) is 1.23. The van der Waals surface area contributed by atoms with E-state index in [1.54, 1.807) is 19.1 Å². The van der Waals surface area contributed by atoms with Crippen molar-refractivity contribution in [1.29, 1.82) is 0 Å². The Bertz CT molecular complexity index is 801. The van der Waals surface area contributed by atoms with Gasteiger partial charge >= 0.3 is 0 Å². The van der Waals surface area contributed by atoms with Crippen LogP contribution in [0.1, 0.15) is 12.0 Å². The summed E-state index contributed by atoms with van der Waals surface area (Å²) >= 11 is 6.12. The van der Waals surface area contributed by atoms with E-state index in [2.05, 4.69) is 0 Å². The first kappa shape index (κ1) is 17.2. The van der Waals surface area contributed by atoms with Gasteiger partial charge in [-0.3, -0.25) is 0 Å². The van der Waals surface area contributed by atoms with Gasteiger partial charge in [0.05, 0.1) is 17.4 Å². The van der Waals surface area contributed by atoms with Crippen molar-refractivity contribution in [3.63, 3.8) is 0 Å².